The molecule has 5 nitrogen and oxygen atoms in total. The van der Waals surface area contributed by atoms with Gasteiger partial charge in [0.1, 0.15) is 6.54 Å². The Balaban J connectivity index is 2.64. The van der Waals surface area contributed by atoms with E-state index < -0.39 is 5.97 Å². The molecule has 5 heteroatoms. The van der Waals surface area contributed by atoms with Crippen molar-refractivity contribution in [2.45, 2.75) is 19.4 Å². The first kappa shape index (κ1) is 16.2. The highest BCUT2D eigenvalue weighted by Gasteiger charge is 2.17. The average Bonchev–Trinajstić information content (AvgIpc) is 2.47. The van der Waals surface area contributed by atoms with E-state index in [1.807, 2.05) is 37.4 Å². The lowest BCUT2D eigenvalue weighted by Gasteiger charge is -2.21. The normalized spacial score (nSPS) is 10.1. The molecule has 0 atom stereocenters. The summed E-state index contributed by atoms with van der Waals surface area (Å²) < 4.78 is 4.65. The molecule has 0 aliphatic heterocycles. The zero-order chi connectivity index (χ0) is 14.8. The van der Waals surface area contributed by atoms with Crippen molar-refractivity contribution in [3.8, 4) is 0 Å². The lowest BCUT2D eigenvalue weighted by molar-refractivity contribution is -0.147. The van der Waals surface area contributed by atoms with Gasteiger partial charge in [-0.25, -0.2) is 0 Å². The molecule has 1 aromatic carbocycles. The van der Waals surface area contributed by atoms with E-state index in [-0.39, 0.29) is 12.5 Å². The summed E-state index contributed by atoms with van der Waals surface area (Å²) in [6, 6.07) is 9.62. The van der Waals surface area contributed by atoms with Crippen LogP contribution in [0.3, 0.4) is 0 Å². The van der Waals surface area contributed by atoms with Crippen LogP contribution in [0.4, 0.5) is 0 Å². The Kier molecular flexibility index (Phi) is 7.35. The van der Waals surface area contributed by atoms with Crippen LogP contribution in [0.2, 0.25) is 0 Å². The minimum absolute atomic E-state index is 0.0101. The van der Waals surface area contributed by atoms with Crippen molar-refractivity contribution in [3.63, 3.8) is 0 Å². The van der Waals surface area contributed by atoms with Crippen LogP contribution in [0.5, 0.6) is 0 Å². The predicted octanol–water partition coefficient (Wildman–Crippen LogP) is 1.19. The van der Waals surface area contributed by atoms with Crippen molar-refractivity contribution >= 4 is 11.9 Å². The number of methoxy groups -OCH3 is 1. The monoisotopic (exact) mass is 278 g/mol. The smallest absolute Gasteiger partial charge is 0.325 e. The lowest BCUT2D eigenvalue weighted by atomic mass is 10.2. The topological polar surface area (TPSA) is 58.6 Å². The number of carbonyl (C=O) groups is 2. The number of nitrogens with one attached hydrogen (secondary N) is 1. The Hall–Kier alpha value is -1.88. The molecule has 1 N–H and O–H groups in total. The molecule has 0 aromatic heterocycles. The number of nitrogens with zero attached hydrogens (tertiary/aromatic N) is 1. The van der Waals surface area contributed by atoms with E-state index in [1.54, 1.807) is 0 Å². The second kappa shape index (κ2) is 9.09. The fourth-order valence-electron chi connectivity index (χ4n) is 1.83. The highest BCUT2D eigenvalue weighted by Crippen LogP contribution is 2.07. The molecule has 1 amide bonds. The largest absolute Gasteiger partial charge is 0.468 e. The van der Waals surface area contributed by atoms with Crippen LogP contribution in [-0.2, 0) is 20.9 Å². The van der Waals surface area contributed by atoms with Gasteiger partial charge in [0.05, 0.1) is 7.11 Å². The molecule has 0 spiro atoms. The van der Waals surface area contributed by atoms with E-state index in [9.17, 15) is 9.59 Å². The zero-order valence-corrected chi connectivity index (χ0v) is 12.1. The van der Waals surface area contributed by atoms with Gasteiger partial charge in [0, 0.05) is 13.0 Å². The first-order valence-electron chi connectivity index (χ1n) is 6.70. The van der Waals surface area contributed by atoms with E-state index in [2.05, 4.69) is 10.1 Å². The molecule has 0 saturated carbocycles. The number of hydrogen-bond acceptors (Lipinski definition) is 4. The molecular weight excluding hydrogens is 256 g/mol. The van der Waals surface area contributed by atoms with Crippen molar-refractivity contribution in [2.75, 3.05) is 27.2 Å². The third-order valence-electron chi connectivity index (χ3n) is 2.93. The van der Waals surface area contributed by atoms with Crippen LogP contribution in [0.1, 0.15) is 18.4 Å². The number of amides is 1. The molecule has 0 aliphatic rings. The van der Waals surface area contributed by atoms with Gasteiger partial charge in [0.15, 0.2) is 0 Å². The van der Waals surface area contributed by atoms with Crippen LogP contribution in [0.25, 0.3) is 0 Å². The minimum Gasteiger partial charge on any atom is -0.468 e. The molecule has 0 radical (unpaired) electrons. The van der Waals surface area contributed by atoms with E-state index in [1.165, 1.54) is 12.0 Å². The molecule has 0 unspecified atom stereocenters. The number of hydrogen-bond donors (Lipinski definition) is 1. The van der Waals surface area contributed by atoms with E-state index >= 15 is 0 Å². The van der Waals surface area contributed by atoms with E-state index in [0.29, 0.717) is 13.0 Å². The predicted molar refractivity (Wildman–Crippen MR) is 77.0 cm³/mol. The molecule has 1 rings (SSSR count). The van der Waals surface area contributed by atoms with E-state index in [4.69, 9.17) is 0 Å². The Bertz CT molecular complexity index is 420. The van der Waals surface area contributed by atoms with Gasteiger partial charge in [0.2, 0.25) is 5.91 Å². The summed E-state index contributed by atoms with van der Waals surface area (Å²) in [5.74, 6) is -0.433. The van der Waals surface area contributed by atoms with E-state index in [0.717, 1.165) is 18.5 Å². The maximum absolute atomic E-state index is 12.2. The highest BCUT2D eigenvalue weighted by atomic mass is 16.5. The summed E-state index contributed by atoms with van der Waals surface area (Å²) in [5, 5.41) is 3.00. The third kappa shape index (κ3) is 5.84. The Morgan fingerprint density at radius 3 is 2.55 bits per heavy atom. The molecule has 0 aliphatic carbocycles. The maximum atomic E-state index is 12.2. The van der Waals surface area contributed by atoms with Crippen LogP contribution >= 0.6 is 0 Å². The van der Waals surface area contributed by atoms with Crippen molar-refractivity contribution < 1.29 is 14.3 Å². The molecular formula is C15H22N2O3. The zero-order valence-electron chi connectivity index (χ0n) is 12.1. The van der Waals surface area contributed by atoms with Gasteiger partial charge in [-0.2, -0.15) is 0 Å². The summed E-state index contributed by atoms with van der Waals surface area (Å²) in [6.45, 7) is 1.20. The Morgan fingerprint density at radius 1 is 1.25 bits per heavy atom. The average molecular weight is 278 g/mol. The third-order valence-corrected chi connectivity index (χ3v) is 2.93. The molecule has 20 heavy (non-hydrogen) atoms. The molecule has 110 valence electrons. The van der Waals surface area contributed by atoms with Gasteiger partial charge in [-0.05, 0) is 25.6 Å². The minimum atomic E-state index is -0.400. The summed E-state index contributed by atoms with van der Waals surface area (Å²) in [4.78, 5) is 25.1. The van der Waals surface area contributed by atoms with Crippen molar-refractivity contribution in [1.29, 1.82) is 0 Å². The van der Waals surface area contributed by atoms with Gasteiger partial charge < -0.3 is 15.0 Å². The lowest BCUT2D eigenvalue weighted by Crippen LogP contribution is -2.35. The van der Waals surface area contributed by atoms with Gasteiger partial charge >= 0.3 is 5.97 Å². The second-order valence-electron chi connectivity index (χ2n) is 4.52. The van der Waals surface area contributed by atoms with Gasteiger partial charge in [-0.15, -0.1) is 0 Å². The summed E-state index contributed by atoms with van der Waals surface area (Å²) in [5.41, 5.74) is 0.998. The number of carbonyl (C=O) groups excluding carboxylic acids is 2. The number of rotatable bonds is 8. The molecule has 1 aromatic rings. The summed E-state index contributed by atoms with van der Waals surface area (Å²) >= 11 is 0. The van der Waals surface area contributed by atoms with Crippen molar-refractivity contribution in [3.05, 3.63) is 35.9 Å². The molecule has 0 fully saturated rings. The number of benzene rings is 1. The standard InChI is InChI=1S/C15H22N2O3/c1-16-10-6-9-14(18)17(12-15(19)20-2)11-13-7-4-3-5-8-13/h3-5,7-8,16H,6,9-12H2,1-2H3. The maximum Gasteiger partial charge on any atom is 0.325 e. The van der Waals surface area contributed by atoms with Crippen molar-refractivity contribution in [1.82, 2.24) is 10.2 Å². The van der Waals surface area contributed by atoms with Crippen LogP contribution < -0.4 is 5.32 Å². The summed E-state index contributed by atoms with van der Waals surface area (Å²) in [6.07, 6.45) is 1.17. The first-order chi connectivity index (χ1) is 9.67. The van der Waals surface area contributed by atoms with Crippen LogP contribution in [0, 0.1) is 0 Å². The number of ether oxygens (including phenoxy) is 1. The number of esters is 1. The highest BCUT2D eigenvalue weighted by molar-refractivity contribution is 5.82. The quantitative estimate of drug-likeness (QED) is 0.573. The first-order valence-corrected chi connectivity index (χ1v) is 6.70. The molecule has 0 bridgehead atoms. The SMILES string of the molecule is CNCCCC(=O)N(CC(=O)OC)Cc1ccccc1. The molecule has 0 saturated heterocycles. The van der Waals surface area contributed by atoms with Gasteiger partial charge in [0.25, 0.3) is 0 Å². The van der Waals surface area contributed by atoms with Gasteiger partial charge in [-0.1, -0.05) is 30.3 Å². The van der Waals surface area contributed by atoms with Crippen LogP contribution in [-0.4, -0.2) is 44.0 Å². The Labute approximate surface area is 119 Å². The van der Waals surface area contributed by atoms with Crippen LogP contribution in [0.15, 0.2) is 30.3 Å². The van der Waals surface area contributed by atoms with Gasteiger partial charge in [-0.3, -0.25) is 9.59 Å². The Morgan fingerprint density at radius 2 is 1.95 bits per heavy atom. The van der Waals surface area contributed by atoms with Crippen molar-refractivity contribution in [2.24, 2.45) is 0 Å². The molecule has 0 heterocycles. The second-order valence-corrected chi connectivity index (χ2v) is 4.52. The fraction of sp³-hybridized carbons (Fsp3) is 0.467. The summed E-state index contributed by atoms with van der Waals surface area (Å²) in [7, 11) is 3.18. The fourth-order valence-corrected chi connectivity index (χ4v) is 1.83.